The van der Waals surface area contributed by atoms with Crippen LogP contribution in [0.2, 0.25) is 0 Å². The van der Waals surface area contributed by atoms with Crippen LogP contribution in [-0.4, -0.2) is 48.1 Å². The van der Waals surface area contributed by atoms with E-state index in [0.29, 0.717) is 13.1 Å². The van der Waals surface area contributed by atoms with Crippen LogP contribution in [0.1, 0.15) is 17.0 Å². The summed E-state index contributed by atoms with van der Waals surface area (Å²) in [7, 11) is 0. The molecule has 5 heteroatoms. The number of carboxylic acids is 1. The molecule has 0 bridgehead atoms. The van der Waals surface area contributed by atoms with E-state index in [2.05, 4.69) is 11.0 Å². The number of hydrogen-bond acceptors (Lipinski definition) is 3. The molecule has 2 aromatic carbocycles. The van der Waals surface area contributed by atoms with E-state index >= 15 is 0 Å². The number of rotatable bonds is 4. The summed E-state index contributed by atoms with van der Waals surface area (Å²) in [4.78, 5) is 28.4. The molecule has 1 N–H and O–H groups in total. The third-order valence-electron chi connectivity index (χ3n) is 5.53. The maximum absolute atomic E-state index is 12.8. The topological polar surface area (TPSA) is 60.9 Å². The SMILES string of the molecule is O=C(O)C1CN(C(=O)CN2CCc3ccccc32)CC1c1ccccc1. The van der Waals surface area contributed by atoms with E-state index in [1.807, 2.05) is 48.5 Å². The van der Waals surface area contributed by atoms with Gasteiger partial charge in [0.2, 0.25) is 5.91 Å². The minimum atomic E-state index is -0.833. The average molecular weight is 350 g/mol. The first kappa shape index (κ1) is 16.6. The highest BCUT2D eigenvalue weighted by Gasteiger charge is 2.40. The van der Waals surface area contributed by atoms with E-state index in [-0.39, 0.29) is 18.4 Å². The lowest BCUT2D eigenvalue weighted by Gasteiger charge is -2.23. The molecule has 0 radical (unpaired) electrons. The molecule has 0 saturated carbocycles. The molecule has 2 atom stereocenters. The van der Waals surface area contributed by atoms with E-state index in [4.69, 9.17) is 0 Å². The van der Waals surface area contributed by atoms with Crippen LogP contribution in [0.25, 0.3) is 0 Å². The average Bonchev–Trinajstić information content (AvgIpc) is 3.28. The number of carbonyl (C=O) groups excluding carboxylic acids is 1. The number of carbonyl (C=O) groups is 2. The van der Waals surface area contributed by atoms with Gasteiger partial charge in [-0.05, 0) is 23.6 Å². The number of para-hydroxylation sites is 1. The summed E-state index contributed by atoms with van der Waals surface area (Å²) in [6.45, 7) is 1.90. The highest BCUT2D eigenvalue weighted by atomic mass is 16.4. The Kier molecular flexibility index (Phi) is 4.37. The van der Waals surface area contributed by atoms with Crippen molar-refractivity contribution >= 4 is 17.6 Å². The predicted molar refractivity (Wildman–Crippen MR) is 99.2 cm³/mol. The zero-order valence-electron chi connectivity index (χ0n) is 14.5. The van der Waals surface area contributed by atoms with Crippen molar-refractivity contribution in [2.45, 2.75) is 12.3 Å². The molecule has 26 heavy (non-hydrogen) atoms. The lowest BCUT2D eigenvalue weighted by Crippen LogP contribution is -2.39. The van der Waals surface area contributed by atoms with Crippen LogP contribution in [-0.2, 0) is 16.0 Å². The van der Waals surface area contributed by atoms with E-state index in [9.17, 15) is 14.7 Å². The summed E-state index contributed by atoms with van der Waals surface area (Å²) < 4.78 is 0. The van der Waals surface area contributed by atoms with Crippen LogP contribution in [0, 0.1) is 5.92 Å². The quantitative estimate of drug-likeness (QED) is 0.920. The summed E-state index contributed by atoms with van der Waals surface area (Å²) in [5.74, 6) is -1.53. The largest absolute Gasteiger partial charge is 0.481 e. The van der Waals surface area contributed by atoms with Crippen LogP contribution in [0.5, 0.6) is 0 Å². The minimum absolute atomic E-state index is 0.00591. The molecule has 1 fully saturated rings. The fraction of sp³-hybridized carbons (Fsp3) is 0.333. The highest BCUT2D eigenvalue weighted by molar-refractivity contribution is 5.84. The van der Waals surface area contributed by atoms with Gasteiger partial charge in [0.25, 0.3) is 0 Å². The Balaban J connectivity index is 1.48. The molecule has 1 saturated heterocycles. The van der Waals surface area contributed by atoms with Crippen LogP contribution < -0.4 is 4.90 Å². The first-order chi connectivity index (χ1) is 12.6. The molecule has 134 valence electrons. The predicted octanol–water partition coefficient (Wildman–Crippen LogP) is 2.38. The Morgan fingerprint density at radius 2 is 1.73 bits per heavy atom. The summed E-state index contributed by atoms with van der Waals surface area (Å²) in [5.41, 5.74) is 3.38. The zero-order chi connectivity index (χ0) is 18.1. The summed E-state index contributed by atoms with van der Waals surface area (Å²) in [5, 5.41) is 9.61. The Morgan fingerprint density at radius 1 is 1.00 bits per heavy atom. The van der Waals surface area contributed by atoms with Gasteiger partial charge in [-0.3, -0.25) is 9.59 Å². The Morgan fingerprint density at radius 3 is 2.50 bits per heavy atom. The molecule has 1 amide bonds. The van der Waals surface area contributed by atoms with Crippen molar-refractivity contribution in [2.24, 2.45) is 5.92 Å². The molecular formula is C21H22N2O3. The van der Waals surface area contributed by atoms with E-state index in [1.54, 1.807) is 4.90 Å². The monoisotopic (exact) mass is 350 g/mol. The second-order valence-corrected chi connectivity index (χ2v) is 7.06. The molecule has 5 nitrogen and oxygen atoms in total. The summed E-state index contributed by atoms with van der Waals surface area (Å²) in [6.07, 6.45) is 0.952. The second kappa shape index (κ2) is 6.83. The molecule has 4 rings (SSSR count). The number of likely N-dealkylation sites (tertiary alicyclic amines) is 1. The second-order valence-electron chi connectivity index (χ2n) is 7.06. The van der Waals surface area contributed by atoms with Gasteiger partial charge in [0.1, 0.15) is 0 Å². The maximum atomic E-state index is 12.8. The minimum Gasteiger partial charge on any atom is -0.481 e. The Bertz CT molecular complexity index is 821. The standard InChI is InChI=1S/C21H22N2O3/c24-20(14-22-11-10-16-8-4-5-9-19(16)22)23-12-17(18(13-23)21(25)26)15-6-2-1-3-7-15/h1-9,17-18H,10-14H2,(H,25,26). The normalized spacial score (nSPS) is 21.7. The van der Waals surface area contributed by atoms with Crippen molar-refractivity contribution in [2.75, 3.05) is 31.1 Å². The number of fused-ring (bicyclic) bond motifs is 1. The molecule has 0 aliphatic carbocycles. The Labute approximate surface area is 152 Å². The summed E-state index contributed by atoms with van der Waals surface area (Å²) in [6, 6.07) is 17.8. The number of aliphatic carboxylic acids is 1. The van der Waals surface area contributed by atoms with Crippen molar-refractivity contribution in [3.8, 4) is 0 Å². The van der Waals surface area contributed by atoms with Gasteiger partial charge in [-0.15, -0.1) is 0 Å². The number of carboxylic acid groups (broad SMARTS) is 1. The number of anilines is 1. The molecule has 0 aromatic heterocycles. The fourth-order valence-corrected chi connectivity index (χ4v) is 4.13. The van der Waals surface area contributed by atoms with Crippen molar-refractivity contribution in [1.82, 2.24) is 4.90 Å². The zero-order valence-corrected chi connectivity index (χ0v) is 14.5. The maximum Gasteiger partial charge on any atom is 0.308 e. The van der Waals surface area contributed by atoms with Gasteiger partial charge in [-0.2, -0.15) is 0 Å². The lowest BCUT2D eigenvalue weighted by atomic mass is 9.89. The number of amides is 1. The van der Waals surface area contributed by atoms with Gasteiger partial charge in [-0.1, -0.05) is 48.5 Å². The van der Waals surface area contributed by atoms with Crippen LogP contribution in [0.3, 0.4) is 0 Å². The number of benzene rings is 2. The van der Waals surface area contributed by atoms with Crippen molar-refractivity contribution < 1.29 is 14.7 Å². The van der Waals surface area contributed by atoms with E-state index in [0.717, 1.165) is 24.2 Å². The lowest BCUT2D eigenvalue weighted by molar-refractivity contribution is -0.141. The van der Waals surface area contributed by atoms with Gasteiger partial charge in [0, 0.05) is 31.2 Å². The smallest absolute Gasteiger partial charge is 0.308 e. The van der Waals surface area contributed by atoms with Crippen molar-refractivity contribution in [3.05, 3.63) is 65.7 Å². The molecule has 2 aliphatic heterocycles. The van der Waals surface area contributed by atoms with Crippen LogP contribution in [0.15, 0.2) is 54.6 Å². The molecule has 2 heterocycles. The van der Waals surface area contributed by atoms with Crippen LogP contribution in [0.4, 0.5) is 5.69 Å². The molecule has 2 aromatic rings. The number of hydrogen-bond donors (Lipinski definition) is 1. The van der Waals surface area contributed by atoms with Gasteiger partial charge >= 0.3 is 5.97 Å². The van der Waals surface area contributed by atoms with Crippen molar-refractivity contribution in [3.63, 3.8) is 0 Å². The van der Waals surface area contributed by atoms with E-state index < -0.39 is 11.9 Å². The Hall–Kier alpha value is -2.82. The fourth-order valence-electron chi connectivity index (χ4n) is 4.13. The molecular weight excluding hydrogens is 328 g/mol. The van der Waals surface area contributed by atoms with Crippen LogP contribution >= 0.6 is 0 Å². The molecule has 2 unspecified atom stereocenters. The first-order valence-corrected chi connectivity index (χ1v) is 9.02. The summed E-state index contributed by atoms with van der Waals surface area (Å²) >= 11 is 0. The van der Waals surface area contributed by atoms with Crippen molar-refractivity contribution in [1.29, 1.82) is 0 Å². The van der Waals surface area contributed by atoms with Gasteiger partial charge < -0.3 is 14.9 Å². The third-order valence-corrected chi connectivity index (χ3v) is 5.53. The third kappa shape index (κ3) is 3.05. The van der Waals surface area contributed by atoms with Gasteiger partial charge in [-0.25, -0.2) is 0 Å². The van der Waals surface area contributed by atoms with E-state index in [1.165, 1.54) is 5.56 Å². The van der Waals surface area contributed by atoms with Gasteiger partial charge in [0.15, 0.2) is 0 Å². The molecule has 0 spiro atoms. The first-order valence-electron chi connectivity index (χ1n) is 9.02. The number of nitrogens with zero attached hydrogens (tertiary/aromatic N) is 2. The van der Waals surface area contributed by atoms with Gasteiger partial charge in [0.05, 0.1) is 12.5 Å². The molecule has 2 aliphatic rings. The highest BCUT2D eigenvalue weighted by Crippen LogP contribution is 2.33.